The van der Waals surface area contributed by atoms with E-state index in [-0.39, 0.29) is 0 Å². The molecule has 88 valence electrons. The van der Waals surface area contributed by atoms with Gasteiger partial charge in [0.15, 0.2) is 0 Å². The van der Waals surface area contributed by atoms with Crippen LogP contribution in [0.3, 0.4) is 0 Å². The van der Waals surface area contributed by atoms with Gasteiger partial charge >= 0.3 is 0 Å². The highest BCUT2D eigenvalue weighted by atomic mass is 15.0. The minimum atomic E-state index is 0.697. The van der Waals surface area contributed by atoms with Gasteiger partial charge in [0.25, 0.3) is 0 Å². The molecule has 2 rings (SSSR count). The summed E-state index contributed by atoms with van der Waals surface area (Å²) in [4.78, 5) is 8.48. The van der Waals surface area contributed by atoms with Crippen molar-refractivity contribution in [2.75, 3.05) is 0 Å². The number of nitrogens with zero attached hydrogens (tertiary/aromatic N) is 2. The van der Waals surface area contributed by atoms with Gasteiger partial charge in [-0.3, -0.25) is 0 Å². The molecule has 16 heavy (non-hydrogen) atoms. The lowest BCUT2D eigenvalue weighted by molar-refractivity contribution is 0.167. The summed E-state index contributed by atoms with van der Waals surface area (Å²) in [5.41, 5.74) is 1.10. The number of hydrogen-bond donors (Lipinski definition) is 1. The molecule has 3 nitrogen and oxygen atoms in total. The molecule has 0 unspecified atom stereocenters. The molecular formula is C13H21N3. The van der Waals surface area contributed by atoms with Crippen molar-refractivity contribution < 1.29 is 0 Å². The average Bonchev–Trinajstić information content (AvgIpc) is 2.14. The topological polar surface area (TPSA) is 37.8 Å². The van der Waals surface area contributed by atoms with Crippen LogP contribution in [0.2, 0.25) is 0 Å². The molecule has 1 aliphatic carbocycles. The zero-order valence-electron chi connectivity index (χ0n) is 10.4. The third kappa shape index (κ3) is 2.79. The molecule has 0 aliphatic heterocycles. The zero-order valence-corrected chi connectivity index (χ0v) is 10.4. The molecule has 0 amide bonds. The molecule has 1 heterocycles. The quantitative estimate of drug-likeness (QED) is 0.844. The maximum Gasteiger partial charge on any atom is 0.125 e. The van der Waals surface area contributed by atoms with Crippen LogP contribution in [-0.4, -0.2) is 16.0 Å². The first-order valence-electron chi connectivity index (χ1n) is 6.17. The Morgan fingerprint density at radius 1 is 1.44 bits per heavy atom. The third-order valence-electron chi connectivity index (χ3n) is 3.52. The highest BCUT2D eigenvalue weighted by Crippen LogP contribution is 2.33. The summed E-state index contributed by atoms with van der Waals surface area (Å²) >= 11 is 0. The molecule has 1 saturated carbocycles. The second-order valence-electron chi connectivity index (χ2n) is 5.15. The van der Waals surface area contributed by atoms with Crippen LogP contribution in [0, 0.1) is 18.8 Å². The minimum Gasteiger partial charge on any atom is -0.308 e. The van der Waals surface area contributed by atoms with Gasteiger partial charge in [-0.05, 0) is 37.7 Å². The van der Waals surface area contributed by atoms with E-state index in [1.807, 2.05) is 19.2 Å². The van der Waals surface area contributed by atoms with Crippen molar-refractivity contribution >= 4 is 0 Å². The van der Waals surface area contributed by atoms with Gasteiger partial charge in [0.05, 0.1) is 5.69 Å². The molecular weight excluding hydrogens is 198 g/mol. The minimum absolute atomic E-state index is 0.697. The second-order valence-corrected chi connectivity index (χ2v) is 5.15. The first-order valence-corrected chi connectivity index (χ1v) is 6.17. The summed E-state index contributed by atoms with van der Waals surface area (Å²) in [6.45, 7) is 7.43. The fourth-order valence-electron chi connectivity index (χ4n) is 2.23. The first kappa shape index (κ1) is 11.5. The fraction of sp³-hybridized carbons (Fsp3) is 0.692. The number of aromatic nitrogens is 2. The number of hydrogen-bond acceptors (Lipinski definition) is 3. The van der Waals surface area contributed by atoms with Gasteiger partial charge in [-0.15, -0.1) is 0 Å². The van der Waals surface area contributed by atoms with E-state index in [1.165, 1.54) is 12.8 Å². The lowest BCUT2D eigenvalue weighted by atomic mass is 9.74. The van der Waals surface area contributed by atoms with Crippen LogP contribution < -0.4 is 5.32 Å². The van der Waals surface area contributed by atoms with Crippen molar-refractivity contribution in [3.63, 3.8) is 0 Å². The van der Waals surface area contributed by atoms with Crippen molar-refractivity contribution in [1.29, 1.82) is 0 Å². The van der Waals surface area contributed by atoms with E-state index in [9.17, 15) is 0 Å². The summed E-state index contributed by atoms with van der Waals surface area (Å²) in [5.74, 6) is 2.61. The SMILES string of the molecule is Cc1nccc(CNC2CC(C(C)C)C2)n1. The standard InChI is InChI=1S/C13H21N3/c1-9(2)11-6-13(7-11)15-8-12-4-5-14-10(3)16-12/h4-5,9,11,13,15H,6-8H2,1-3H3. The Labute approximate surface area is 97.7 Å². The summed E-state index contributed by atoms with van der Waals surface area (Å²) in [5, 5.41) is 3.56. The van der Waals surface area contributed by atoms with Crippen molar-refractivity contribution in [1.82, 2.24) is 15.3 Å². The van der Waals surface area contributed by atoms with E-state index in [4.69, 9.17) is 0 Å². The summed E-state index contributed by atoms with van der Waals surface area (Å²) < 4.78 is 0. The van der Waals surface area contributed by atoms with Crippen LogP contribution in [0.15, 0.2) is 12.3 Å². The predicted octanol–water partition coefficient (Wildman–Crippen LogP) is 2.31. The lowest BCUT2D eigenvalue weighted by Crippen LogP contribution is -2.42. The van der Waals surface area contributed by atoms with Gasteiger partial charge in [-0.25, -0.2) is 9.97 Å². The number of nitrogens with one attached hydrogen (secondary N) is 1. The Kier molecular flexibility index (Phi) is 3.54. The van der Waals surface area contributed by atoms with Crippen LogP contribution >= 0.6 is 0 Å². The molecule has 0 aromatic carbocycles. The van der Waals surface area contributed by atoms with Crippen LogP contribution in [0.5, 0.6) is 0 Å². The summed E-state index contributed by atoms with van der Waals surface area (Å²) in [6, 6.07) is 2.68. The zero-order chi connectivity index (χ0) is 11.5. The molecule has 0 atom stereocenters. The molecule has 1 aliphatic rings. The molecule has 1 N–H and O–H groups in total. The van der Waals surface area contributed by atoms with E-state index in [1.54, 1.807) is 0 Å². The fourth-order valence-corrected chi connectivity index (χ4v) is 2.23. The van der Waals surface area contributed by atoms with E-state index < -0.39 is 0 Å². The molecule has 0 bridgehead atoms. The van der Waals surface area contributed by atoms with E-state index in [0.29, 0.717) is 6.04 Å². The Bertz CT molecular complexity index is 343. The average molecular weight is 219 g/mol. The Morgan fingerprint density at radius 3 is 2.81 bits per heavy atom. The second kappa shape index (κ2) is 4.91. The van der Waals surface area contributed by atoms with Crippen LogP contribution in [0.4, 0.5) is 0 Å². The van der Waals surface area contributed by atoms with Gasteiger partial charge in [0.1, 0.15) is 5.82 Å². The van der Waals surface area contributed by atoms with Crippen molar-refractivity contribution in [2.24, 2.45) is 11.8 Å². The monoisotopic (exact) mass is 219 g/mol. The molecule has 1 aromatic rings. The first-order chi connectivity index (χ1) is 7.65. The van der Waals surface area contributed by atoms with Gasteiger partial charge in [-0.2, -0.15) is 0 Å². The van der Waals surface area contributed by atoms with Gasteiger partial charge < -0.3 is 5.32 Å². The molecule has 0 radical (unpaired) electrons. The van der Waals surface area contributed by atoms with Crippen LogP contribution in [0.25, 0.3) is 0 Å². The molecule has 0 spiro atoms. The number of rotatable bonds is 4. The summed E-state index contributed by atoms with van der Waals surface area (Å²) in [7, 11) is 0. The lowest BCUT2D eigenvalue weighted by Gasteiger charge is -2.38. The van der Waals surface area contributed by atoms with Crippen molar-refractivity contribution in [3.05, 3.63) is 23.8 Å². The third-order valence-corrected chi connectivity index (χ3v) is 3.52. The van der Waals surface area contributed by atoms with E-state index in [2.05, 4.69) is 29.1 Å². The molecule has 3 heteroatoms. The predicted molar refractivity (Wildman–Crippen MR) is 65.0 cm³/mol. The van der Waals surface area contributed by atoms with Crippen LogP contribution in [-0.2, 0) is 6.54 Å². The normalized spacial score (nSPS) is 24.5. The highest BCUT2D eigenvalue weighted by Gasteiger charge is 2.30. The van der Waals surface area contributed by atoms with Crippen LogP contribution in [0.1, 0.15) is 38.2 Å². The highest BCUT2D eigenvalue weighted by molar-refractivity contribution is 5.02. The summed E-state index contributed by atoms with van der Waals surface area (Å²) in [6.07, 6.45) is 4.47. The van der Waals surface area contributed by atoms with Gasteiger partial charge in [-0.1, -0.05) is 13.8 Å². The number of aryl methyl sites for hydroxylation is 1. The maximum absolute atomic E-state index is 4.38. The smallest absolute Gasteiger partial charge is 0.125 e. The van der Waals surface area contributed by atoms with Gasteiger partial charge in [0.2, 0.25) is 0 Å². The largest absolute Gasteiger partial charge is 0.308 e. The van der Waals surface area contributed by atoms with Crippen molar-refractivity contribution in [3.8, 4) is 0 Å². The Hall–Kier alpha value is -0.960. The van der Waals surface area contributed by atoms with Crippen molar-refractivity contribution in [2.45, 2.75) is 46.2 Å². The molecule has 1 aromatic heterocycles. The van der Waals surface area contributed by atoms with Gasteiger partial charge in [0, 0.05) is 18.8 Å². The Morgan fingerprint density at radius 2 is 2.19 bits per heavy atom. The molecule has 0 saturated heterocycles. The Balaban J connectivity index is 1.73. The molecule has 1 fully saturated rings. The maximum atomic E-state index is 4.38. The van der Waals surface area contributed by atoms with E-state index in [0.717, 1.165) is 29.9 Å². The van der Waals surface area contributed by atoms with E-state index >= 15 is 0 Å².